The van der Waals surface area contributed by atoms with E-state index in [-0.39, 0.29) is 17.4 Å². The van der Waals surface area contributed by atoms with Crippen LogP contribution in [0.1, 0.15) is 33.6 Å². The van der Waals surface area contributed by atoms with Gasteiger partial charge in [0.15, 0.2) is 0 Å². The minimum Gasteiger partial charge on any atom is -0.461 e. The molecule has 0 unspecified atom stereocenters. The summed E-state index contributed by atoms with van der Waals surface area (Å²) < 4.78 is 34.5. The van der Waals surface area contributed by atoms with E-state index in [0.717, 1.165) is 5.82 Å². The zero-order valence-electron chi connectivity index (χ0n) is 22.5. The van der Waals surface area contributed by atoms with E-state index in [0.29, 0.717) is 35.2 Å². The molecule has 0 radical (unpaired) electrons. The number of carbonyl (C=O) groups is 2. The number of anilines is 2. The number of ether oxygens (including phenoxy) is 1. The number of allylic oxidation sites excluding steroid dienone is 4. The summed E-state index contributed by atoms with van der Waals surface area (Å²) in [6.45, 7) is 5.08. The van der Waals surface area contributed by atoms with E-state index >= 15 is 4.39 Å². The molecule has 39 heavy (non-hydrogen) atoms. The van der Waals surface area contributed by atoms with Crippen LogP contribution in [-0.2, 0) is 9.59 Å². The Morgan fingerprint density at radius 1 is 1.10 bits per heavy atom. The highest BCUT2D eigenvalue weighted by Gasteiger charge is 2.56. The Kier molecular flexibility index (Phi) is 7.94. The maximum atomic E-state index is 15.4. The second-order valence-corrected chi connectivity index (χ2v) is 10.0. The van der Waals surface area contributed by atoms with Crippen LogP contribution in [0.5, 0.6) is 5.75 Å². The van der Waals surface area contributed by atoms with Crippen molar-refractivity contribution >= 4 is 34.2 Å². The van der Waals surface area contributed by atoms with Gasteiger partial charge in [-0.15, -0.1) is 0 Å². The van der Waals surface area contributed by atoms with Gasteiger partial charge in [-0.3, -0.25) is 14.6 Å². The minimum absolute atomic E-state index is 0.0423. The molecule has 1 aromatic carbocycles. The first-order valence-corrected chi connectivity index (χ1v) is 12.6. The number of aromatic nitrogens is 2. The normalized spacial score (nSPS) is 15.0. The molecule has 4 rings (SSSR count). The van der Waals surface area contributed by atoms with Gasteiger partial charge in [-0.2, -0.15) is 0 Å². The fraction of sp³-hybridized carbons (Fsp3) is 0.310. The van der Waals surface area contributed by atoms with Crippen LogP contribution in [0.2, 0.25) is 0 Å². The van der Waals surface area contributed by atoms with Gasteiger partial charge < -0.3 is 20.3 Å². The van der Waals surface area contributed by atoms with Gasteiger partial charge in [0.05, 0.1) is 16.6 Å². The van der Waals surface area contributed by atoms with Crippen molar-refractivity contribution in [1.29, 1.82) is 0 Å². The van der Waals surface area contributed by atoms with Crippen LogP contribution in [-0.4, -0.2) is 35.9 Å². The molecule has 10 heteroatoms. The summed E-state index contributed by atoms with van der Waals surface area (Å²) in [4.78, 5) is 36.6. The van der Waals surface area contributed by atoms with Crippen LogP contribution in [0.15, 0.2) is 72.2 Å². The number of nitrogens with zero attached hydrogens (tertiary/aromatic N) is 3. The lowest BCUT2D eigenvalue weighted by Gasteiger charge is -2.19. The first kappa shape index (κ1) is 27.7. The lowest BCUT2D eigenvalue weighted by molar-refractivity contribution is -0.134. The zero-order valence-corrected chi connectivity index (χ0v) is 22.5. The Balaban J connectivity index is 1.51. The van der Waals surface area contributed by atoms with Gasteiger partial charge in [0.1, 0.15) is 34.4 Å². The van der Waals surface area contributed by atoms with E-state index in [2.05, 4.69) is 20.6 Å². The van der Waals surface area contributed by atoms with Crippen molar-refractivity contribution in [3.8, 4) is 5.75 Å². The van der Waals surface area contributed by atoms with Crippen LogP contribution in [0.25, 0.3) is 10.9 Å². The molecule has 1 aliphatic rings. The third-order valence-corrected chi connectivity index (χ3v) is 6.44. The number of pyridine rings is 2. The van der Waals surface area contributed by atoms with Gasteiger partial charge in [0.25, 0.3) is 0 Å². The fourth-order valence-electron chi connectivity index (χ4n) is 3.99. The van der Waals surface area contributed by atoms with Crippen LogP contribution in [0.4, 0.5) is 20.3 Å². The predicted molar refractivity (Wildman–Crippen MR) is 146 cm³/mol. The largest absolute Gasteiger partial charge is 0.461 e. The quantitative estimate of drug-likeness (QED) is 0.214. The number of amides is 2. The molecule has 1 saturated carbocycles. The molecule has 204 valence electrons. The second-order valence-electron chi connectivity index (χ2n) is 10.0. The zero-order chi connectivity index (χ0) is 28.3. The molecule has 0 saturated heterocycles. The summed E-state index contributed by atoms with van der Waals surface area (Å²) in [5.41, 5.74) is -0.212. The van der Waals surface area contributed by atoms with E-state index in [1.807, 2.05) is 25.1 Å². The summed E-state index contributed by atoms with van der Waals surface area (Å²) in [6.07, 6.45) is 5.10. The number of fused-ring (bicyclic) bond motifs is 1. The summed E-state index contributed by atoms with van der Waals surface area (Å²) in [5, 5.41) is 5.94. The van der Waals surface area contributed by atoms with Crippen LogP contribution in [0, 0.1) is 17.2 Å². The maximum Gasteiger partial charge on any atom is 0.240 e. The number of benzene rings is 1. The van der Waals surface area contributed by atoms with Crippen molar-refractivity contribution in [3.63, 3.8) is 0 Å². The number of hydrogen-bond donors (Lipinski definition) is 2. The maximum absolute atomic E-state index is 15.4. The molecule has 2 heterocycles. The monoisotopic (exact) mass is 535 g/mol. The van der Waals surface area contributed by atoms with Gasteiger partial charge in [-0.1, -0.05) is 13.8 Å². The standard InChI is InChI=1S/C29H31F2N5O3/c1-17(2)26(35-28(38)29(11-12-29)27(37)34-20-8-6-19(30)7-9-20)22(31)14-18(3)39-24-10-13-32-23-15-25(36(4)5)33-16-21(23)24/h6-10,13-17H,11-12H2,1-5H3,(H,34,37)(H,35,38)/b18-14+,26-22-. The Labute approximate surface area is 225 Å². The van der Waals surface area contributed by atoms with E-state index in [4.69, 9.17) is 4.74 Å². The van der Waals surface area contributed by atoms with E-state index < -0.39 is 28.9 Å². The predicted octanol–water partition coefficient (Wildman–Crippen LogP) is 5.49. The van der Waals surface area contributed by atoms with Crippen molar-refractivity contribution in [2.75, 3.05) is 24.3 Å². The molecule has 0 bridgehead atoms. The molecular formula is C29H31F2N5O3. The average molecular weight is 536 g/mol. The van der Waals surface area contributed by atoms with Gasteiger partial charge in [-0.05, 0) is 56.0 Å². The summed E-state index contributed by atoms with van der Waals surface area (Å²) in [7, 11) is 3.76. The first-order chi connectivity index (χ1) is 18.5. The van der Waals surface area contributed by atoms with Crippen LogP contribution < -0.4 is 20.3 Å². The molecule has 1 aliphatic carbocycles. The number of hydrogen-bond acceptors (Lipinski definition) is 6. The van der Waals surface area contributed by atoms with Crippen molar-refractivity contribution in [2.24, 2.45) is 11.3 Å². The Morgan fingerprint density at radius 3 is 2.41 bits per heavy atom. The topological polar surface area (TPSA) is 96.5 Å². The lowest BCUT2D eigenvalue weighted by Crippen LogP contribution is -2.40. The van der Waals surface area contributed by atoms with Gasteiger partial charge in [0.2, 0.25) is 11.8 Å². The van der Waals surface area contributed by atoms with E-state index in [1.165, 1.54) is 30.3 Å². The summed E-state index contributed by atoms with van der Waals surface area (Å²) in [5.74, 6) is -1.15. The van der Waals surface area contributed by atoms with Crippen molar-refractivity contribution < 1.29 is 23.1 Å². The van der Waals surface area contributed by atoms with E-state index in [9.17, 15) is 14.0 Å². The molecule has 0 spiro atoms. The summed E-state index contributed by atoms with van der Waals surface area (Å²) in [6, 6.07) is 8.75. The van der Waals surface area contributed by atoms with Gasteiger partial charge >= 0.3 is 0 Å². The minimum atomic E-state index is -1.31. The van der Waals surface area contributed by atoms with Gasteiger partial charge in [0, 0.05) is 44.3 Å². The smallest absolute Gasteiger partial charge is 0.240 e. The van der Waals surface area contributed by atoms with Crippen LogP contribution >= 0.6 is 0 Å². The third-order valence-electron chi connectivity index (χ3n) is 6.44. The number of carbonyl (C=O) groups excluding carboxylic acids is 2. The molecule has 1 fully saturated rings. The lowest BCUT2D eigenvalue weighted by atomic mass is 10.0. The SMILES string of the molecule is C/C(=C\C(F)=C(\NC(=O)C1(C(=O)Nc2ccc(F)cc2)CC1)C(C)C)Oc1ccnc2cc(N(C)C)ncc12. The highest BCUT2D eigenvalue weighted by atomic mass is 19.1. The Hall–Kier alpha value is -4.34. The number of nitrogens with one attached hydrogen (secondary N) is 2. The third kappa shape index (κ3) is 6.22. The van der Waals surface area contributed by atoms with Crippen molar-refractivity contribution in [1.82, 2.24) is 15.3 Å². The van der Waals surface area contributed by atoms with Gasteiger partial charge in [-0.25, -0.2) is 13.8 Å². The molecule has 3 aromatic rings. The van der Waals surface area contributed by atoms with Crippen molar-refractivity contribution in [3.05, 3.63) is 78.0 Å². The molecule has 8 nitrogen and oxygen atoms in total. The average Bonchev–Trinajstić information content (AvgIpc) is 3.70. The van der Waals surface area contributed by atoms with E-state index in [1.54, 1.807) is 39.2 Å². The molecule has 2 aromatic heterocycles. The first-order valence-electron chi connectivity index (χ1n) is 12.6. The summed E-state index contributed by atoms with van der Waals surface area (Å²) >= 11 is 0. The highest BCUT2D eigenvalue weighted by Crippen LogP contribution is 2.47. The fourth-order valence-corrected chi connectivity index (χ4v) is 3.99. The molecule has 0 aliphatic heterocycles. The second kappa shape index (κ2) is 11.2. The number of halogens is 2. The molecule has 0 atom stereocenters. The number of rotatable bonds is 9. The highest BCUT2D eigenvalue weighted by molar-refractivity contribution is 6.13. The van der Waals surface area contributed by atoms with Crippen molar-refractivity contribution in [2.45, 2.75) is 33.6 Å². The molecule has 2 amide bonds. The molecule has 2 N–H and O–H groups in total. The Bertz CT molecular complexity index is 1460. The Morgan fingerprint density at radius 2 is 1.79 bits per heavy atom. The molecular weight excluding hydrogens is 504 g/mol. The van der Waals surface area contributed by atoms with Crippen LogP contribution in [0.3, 0.4) is 0 Å².